The quantitative estimate of drug-likeness (QED) is 0.729. The van der Waals surface area contributed by atoms with E-state index in [0.717, 1.165) is 19.1 Å². The zero-order valence-corrected chi connectivity index (χ0v) is 11.5. The van der Waals surface area contributed by atoms with Crippen molar-refractivity contribution in [1.29, 1.82) is 0 Å². The smallest absolute Gasteiger partial charge is 0.0637 e. The van der Waals surface area contributed by atoms with Crippen LogP contribution in [0.3, 0.4) is 0 Å². The summed E-state index contributed by atoms with van der Waals surface area (Å²) in [6.45, 7) is 9.26. The second-order valence-corrected chi connectivity index (χ2v) is 6.77. The molecule has 3 atom stereocenters. The van der Waals surface area contributed by atoms with Crippen LogP contribution in [-0.4, -0.2) is 38.3 Å². The number of ether oxygens (including phenoxy) is 1. The topological polar surface area (TPSA) is 12.5 Å². The first-order valence-electron chi connectivity index (χ1n) is 6.64. The zero-order chi connectivity index (χ0) is 12.0. The van der Waals surface area contributed by atoms with Crippen LogP contribution >= 0.6 is 0 Å². The summed E-state index contributed by atoms with van der Waals surface area (Å²) in [6, 6.07) is 0. The maximum atomic E-state index is 6.14. The number of fused-ring (bicyclic) bond motifs is 2. The van der Waals surface area contributed by atoms with Crippen molar-refractivity contribution in [2.24, 2.45) is 16.7 Å². The molecule has 0 aromatic rings. The molecule has 2 aliphatic carbocycles. The highest BCUT2D eigenvalue weighted by atomic mass is 16.5. The molecule has 0 unspecified atom stereocenters. The van der Waals surface area contributed by atoms with Crippen LogP contribution in [0.15, 0.2) is 0 Å². The summed E-state index contributed by atoms with van der Waals surface area (Å²) < 4.78 is 6.14. The van der Waals surface area contributed by atoms with E-state index in [0.29, 0.717) is 16.9 Å². The van der Waals surface area contributed by atoms with Gasteiger partial charge in [-0.25, -0.2) is 0 Å². The van der Waals surface area contributed by atoms with Crippen LogP contribution in [0.2, 0.25) is 0 Å². The molecule has 0 spiro atoms. The number of hydrogen-bond donors (Lipinski definition) is 0. The molecule has 2 rings (SSSR count). The lowest BCUT2D eigenvalue weighted by Gasteiger charge is -2.39. The van der Waals surface area contributed by atoms with Gasteiger partial charge in [-0.15, -0.1) is 0 Å². The Hall–Kier alpha value is -0.0800. The molecule has 2 nitrogen and oxygen atoms in total. The van der Waals surface area contributed by atoms with E-state index in [2.05, 4.69) is 39.8 Å². The Labute approximate surface area is 100 Å². The molecule has 2 aliphatic rings. The fourth-order valence-corrected chi connectivity index (χ4v) is 3.76. The predicted octanol–water partition coefficient (Wildman–Crippen LogP) is 2.78. The normalized spacial score (nSPS) is 40.9. The number of hydrogen-bond acceptors (Lipinski definition) is 2. The largest absolute Gasteiger partial charge is 0.376 e. The van der Waals surface area contributed by atoms with Crippen LogP contribution in [-0.2, 0) is 4.74 Å². The Morgan fingerprint density at radius 1 is 1.25 bits per heavy atom. The highest BCUT2D eigenvalue weighted by molar-refractivity contribution is 5.11. The Bertz CT molecular complexity index is 261. The molecule has 0 radical (unpaired) electrons. The van der Waals surface area contributed by atoms with E-state index >= 15 is 0 Å². The van der Waals surface area contributed by atoms with E-state index in [1.54, 1.807) is 0 Å². The highest BCUT2D eigenvalue weighted by Crippen LogP contribution is 2.66. The summed E-state index contributed by atoms with van der Waals surface area (Å²) in [5, 5.41) is 0. The van der Waals surface area contributed by atoms with E-state index in [-0.39, 0.29) is 0 Å². The van der Waals surface area contributed by atoms with Crippen molar-refractivity contribution in [2.75, 3.05) is 27.2 Å². The lowest BCUT2D eigenvalue weighted by Crippen LogP contribution is -2.38. The fraction of sp³-hybridized carbons (Fsp3) is 1.00. The van der Waals surface area contributed by atoms with Crippen molar-refractivity contribution in [2.45, 2.75) is 46.1 Å². The van der Waals surface area contributed by atoms with E-state index in [9.17, 15) is 0 Å². The first kappa shape index (κ1) is 12.4. The summed E-state index contributed by atoms with van der Waals surface area (Å²) in [5.41, 5.74) is 0.903. The molecular formula is C14H27NO. The van der Waals surface area contributed by atoms with Crippen molar-refractivity contribution in [3.63, 3.8) is 0 Å². The van der Waals surface area contributed by atoms with Crippen LogP contribution < -0.4 is 0 Å². The van der Waals surface area contributed by atoms with Crippen molar-refractivity contribution in [3.05, 3.63) is 0 Å². The van der Waals surface area contributed by atoms with Gasteiger partial charge in [-0.1, -0.05) is 20.8 Å². The molecule has 2 fully saturated rings. The average Bonchev–Trinajstić information content (AvgIpc) is 2.49. The van der Waals surface area contributed by atoms with Crippen molar-refractivity contribution >= 4 is 0 Å². The summed E-state index contributed by atoms with van der Waals surface area (Å²) in [7, 11) is 4.21. The molecule has 0 saturated heterocycles. The second-order valence-electron chi connectivity index (χ2n) is 6.77. The Kier molecular flexibility index (Phi) is 3.09. The molecular weight excluding hydrogens is 198 g/mol. The van der Waals surface area contributed by atoms with E-state index in [4.69, 9.17) is 4.74 Å². The monoisotopic (exact) mass is 225 g/mol. The minimum absolute atomic E-state index is 0.421. The molecule has 0 N–H and O–H groups in total. The van der Waals surface area contributed by atoms with Gasteiger partial charge in [-0.2, -0.15) is 0 Å². The Balaban J connectivity index is 1.94. The van der Waals surface area contributed by atoms with Gasteiger partial charge in [0.15, 0.2) is 0 Å². The van der Waals surface area contributed by atoms with Crippen molar-refractivity contribution in [3.8, 4) is 0 Å². The number of likely N-dealkylation sites (N-methyl/N-ethyl adjacent to an activating group) is 1. The van der Waals surface area contributed by atoms with Gasteiger partial charge in [0.05, 0.1) is 12.7 Å². The maximum absolute atomic E-state index is 6.14. The maximum Gasteiger partial charge on any atom is 0.0637 e. The van der Waals surface area contributed by atoms with Gasteiger partial charge in [0.25, 0.3) is 0 Å². The number of nitrogens with zero attached hydrogens (tertiary/aromatic N) is 1. The van der Waals surface area contributed by atoms with Gasteiger partial charge in [0.1, 0.15) is 0 Å². The summed E-state index contributed by atoms with van der Waals surface area (Å²) in [6.07, 6.45) is 4.56. The van der Waals surface area contributed by atoms with Crippen LogP contribution in [0.5, 0.6) is 0 Å². The summed E-state index contributed by atoms with van der Waals surface area (Å²) in [4.78, 5) is 2.20. The van der Waals surface area contributed by atoms with E-state index in [1.807, 2.05) is 0 Å². The average molecular weight is 225 g/mol. The van der Waals surface area contributed by atoms with Crippen molar-refractivity contribution in [1.82, 2.24) is 4.90 Å². The second kappa shape index (κ2) is 3.99. The molecule has 94 valence electrons. The molecule has 2 heteroatoms. The molecule has 16 heavy (non-hydrogen) atoms. The minimum Gasteiger partial charge on any atom is -0.376 e. The lowest BCUT2D eigenvalue weighted by molar-refractivity contribution is -0.0495. The minimum atomic E-state index is 0.421. The third kappa shape index (κ3) is 1.70. The van der Waals surface area contributed by atoms with E-state index in [1.165, 1.54) is 19.3 Å². The molecule has 2 saturated carbocycles. The highest BCUT2D eigenvalue weighted by Gasteiger charge is 2.61. The molecule has 0 amide bonds. The molecule has 0 aliphatic heterocycles. The van der Waals surface area contributed by atoms with Crippen LogP contribution in [0.25, 0.3) is 0 Å². The molecule has 0 heterocycles. The van der Waals surface area contributed by atoms with Gasteiger partial charge >= 0.3 is 0 Å². The summed E-state index contributed by atoms with van der Waals surface area (Å²) >= 11 is 0. The first-order chi connectivity index (χ1) is 7.38. The number of rotatable bonds is 4. The first-order valence-corrected chi connectivity index (χ1v) is 6.64. The van der Waals surface area contributed by atoms with Gasteiger partial charge in [0.2, 0.25) is 0 Å². The zero-order valence-electron chi connectivity index (χ0n) is 11.5. The van der Waals surface area contributed by atoms with E-state index < -0.39 is 0 Å². The Morgan fingerprint density at radius 2 is 1.94 bits per heavy atom. The van der Waals surface area contributed by atoms with Gasteiger partial charge in [-0.05, 0) is 50.1 Å². The standard InChI is InChI=1S/C14H27NO/c1-13(2)11-6-7-14(13,3)12(10-11)16-9-8-15(4)5/h11-12H,6-10H2,1-5H3/t11-,12-,14+/m1/s1. The predicted molar refractivity (Wildman–Crippen MR) is 67.5 cm³/mol. The van der Waals surface area contributed by atoms with Crippen LogP contribution in [0.4, 0.5) is 0 Å². The van der Waals surface area contributed by atoms with Crippen LogP contribution in [0, 0.1) is 16.7 Å². The fourth-order valence-electron chi connectivity index (χ4n) is 3.76. The third-order valence-electron chi connectivity index (χ3n) is 5.57. The van der Waals surface area contributed by atoms with Gasteiger partial charge in [-0.3, -0.25) is 0 Å². The van der Waals surface area contributed by atoms with Crippen LogP contribution in [0.1, 0.15) is 40.0 Å². The van der Waals surface area contributed by atoms with Gasteiger partial charge in [0, 0.05) is 6.54 Å². The third-order valence-corrected chi connectivity index (χ3v) is 5.57. The Morgan fingerprint density at radius 3 is 2.38 bits per heavy atom. The summed E-state index contributed by atoms with van der Waals surface area (Å²) in [5.74, 6) is 0.891. The molecule has 0 aromatic heterocycles. The SMILES string of the molecule is CN(C)CCO[C@@H]1C[C@H]2CC[C@]1(C)C2(C)C. The molecule has 2 bridgehead atoms. The van der Waals surface area contributed by atoms with Crippen molar-refractivity contribution < 1.29 is 4.74 Å². The molecule has 0 aromatic carbocycles. The van der Waals surface area contributed by atoms with Gasteiger partial charge < -0.3 is 9.64 Å². The lowest BCUT2D eigenvalue weighted by atomic mass is 9.70.